The van der Waals surface area contributed by atoms with Crippen LogP contribution in [0.25, 0.3) is 43.1 Å². The number of fused-ring (bicyclic) bond motifs is 4. The lowest BCUT2D eigenvalue weighted by atomic mass is 9.81. The van der Waals surface area contributed by atoms with E-state index in [4.69, 9.17) is 0 Å². The molecule has 1 saturated carbocycles. The van der Waals surface area contributed by atoms with Gasteiger partial charge >= 0.3 is 0 Å². The summed E-state index contributed by atoms with van der Waals surface area (Å²) in [5, 5.41) is -0.783. The number of aromatic nitrogens is 4. The number of amides is 4. The summed E-state index contributed by atoms with van der Waals surface area (Å²) in [6, 6.07) is 4.74. The standard InChI is InChI=1S/C38H26N6O12/c45-27-4-5-28(46)41(27)15-43-35(53)23-9-19-20(10-24(23)36(43)54)32(50)39(31(19)49)13-17-2-1-3-18(8-17)14-40-33(51)21-11-25-26(12-22(21)34(40)52)38(56)44(37(25)55)16-42-29(47)6-7-30(42)48/h4-7,9-12,17-18H,1-3,8,13-16H2. The minimum atomic E-state index is -0.822. The van der Waals surface area contributed by atoms with Crippen molar-refractivity contribution in [1.29, 1.82) is 0 Å². The Balaban J connectivity index is 0.970. The second-order valence-electron chi connectivity index (χ2n) is 14.5. The first kappa shape index (κ1) is 34.5. The maximum Gasteiger partial charge on any atom is 0.263 e. The lowest BCUT2D eigenvalue weighted by molar-refractivity contribution is -0.140. The number of hydrogen-bond donors (Lipinski definition) is 0. The third-order valence-electron chi connectivity index (χ3n) is 11.3. The van der Waals surface area contributed by atoms with Crippen LogP contribution in [0.1, 0.15) is 25.7 Å². The molecule has 6 heterocycles. The average Bonchev–Trinajstić information content (AvgIpc) is 3.94. The highest BCUT2D eigenvalue weighted by atomic mass is 16.2. The van der Waals surface area contributed by atoms with Gasteiger partial charge in [-0.3, -0.25) is 85.6 Å². The molecular weight excluding hydrogens is 732 g/mol. The van der Waals surface area contributed by atoms with Gasteiger partial charge in [0.2, 0.25) is 0 Å². The van der Waals surface area contributed by atoms with E-state index >= 15 is 0 Å². The van der Waals surface area contributed by atoms with Gasteiger partial charge in [-0.05, 0) is 55.4 Å². The Hall–Kier alpha value is -7.24. The summed E-state index contributed by atoms with van der Waals surface area (Å²) in [6.07, 6.45) is 6.43. The van der Waals surface area contributed by atoms with Gasteiger partial charge in [-0.25, -0.2) is 0 Å². The average molecular weight is 759 g/mol. The van der Waals surface area contributed by atoms with Gasteiger partial charge < -0.3 is 0 Å². The summed E-state index contributed by atoms with van der Waals surface area (Å²) in [4.78, 5) is 156. The maximum atomic E-state index is 13.6. The van der Waals surface area contributed by atoms with Crippen molar-refractivity contribution in [3.05, 3.63) is 131 Å². The molecule has 1 fully saturated rings. The van der Waals surface area contributed by atoms with E-state index in [9.17, 15) is 57.5 Å². The molecule has 0 spiro atoms. The zero-order chi connectivity index (χ0) is 39.5. The number of hydrogen-bond acceptors (Lipinski definition) is 12. The highest BCUT2D eigenvalue weighted by Gasteiger charge is 2.30. The number of imide groups is 2. The van der Waals surface area contributed by atoms with Crippen molar-refractivity contribution < 1.29 is 19.2 Å². The van der Waals surface area contributed by atoms with Crippen molar-refractivity contribution in [1.82, 2.24) is 28.1 Å². The van der Waals surface area contributed by atoms with Crippen molar-refractivity contribution in [3.63, 3.8) is 0 Å². The molecule has 0 saturated heterocycles. The molecule has 6 aromatic rings. The highest BCUT2D eigenvalue weighted by molar-refractivity contribution is 6.13. The van der Waals surface area contributed by atoms with E-state index in [1.807, 2.05) is 0 Å². The molecule has 2 aliphatic heterocycles. The van der Waals surface area contributed by atoms with Crippen LogP contribution in [0.4, 0.5) is 0 Å². The number of rotatable bonds is 8. The first-order chi connectivity index (χ1) is 26.7. The van der Waals surface area contributed by atoms with Crippen LogP contribution in [0.5, 0.6) is 0 Å². The third-order valence-corrected chi connectivity index (χ3v) is 11.3. The Bertz CT molecular complexity index is 2930. The molecule has 0 N–H and O–H groups in total. The molecule has 4 amide bonds. The van der Waals surface area contributed by atoms with Gasteiger partial charge in [-0.1, -0.05) is 6.42 Å². The SMILES string of the molecule is O=C1C=CC(=O)N1Cn1c(=O)c2cc3c(=O)n(CC4CCCC(Cn5c(=O)c6cc7c(=O)n(CN8C(=O)C=CC8=O)c(=O)c7cc6c5=O)C4)c(=O)c3cc2c1=O. The summed E-state index contributed by atoms with van der Waals surface area (Å²) >= 11 is 0. The maximum absolute atomic E-state index is 13.6. The predicted octanol–water partition coefficient (Wildman–Crippen LogP) is -1.59. The van der Waals surface area contributed by atoms with E-state index in [0.717, 1.165) is 33.4 Å². The number of benzene rings is 2. The van der Waals surface area contributed by atoms with Crippen LogP contribution in [0.15, 0.2) is 86.9 Å². The number of nitrogens with zero attached hydrogens (tertiary/aromatic N) is 6. The first-order valence-corrected chi connectivity index (χ1v) is 17.6. The summed E-state index contributed by atoms with van der Waals surface area (Å²) in [5.41, 5.74) is -5.92. The highest BCUT2D eigenvalue weighted by Crippen LogP contribution is 2.31. The van der Waals surface area contributed by atoms with Crippen LogP contribution in [0, 0.1) is 11.8 Å². The topological polar surface area (TPSA) is 231 Å². The lowest BCUT2D eigenvalue weighted by Gasteiger charge is -2.29. The molecular formula is C38H26N6O12. The van der Waals surface area contributed by atoms with Crippen LogP contribution >= 0.6 is 0 Å². The molecule has 1 aliphatic carbocycles. The summed E-state index contributed by atoms with van der Waals surface area (Å²) in [7, 11) is 0. The second-order valence-corrected chi connectivity index (χ2v) is 14.5. The minimum absolute atomic E-state index is 0.00790. The van der Waals surface area contributed by atoms with Crippen molar-refractivity contribution in [2.24, 2.45) is 11.8 Å². The first-order valence-electron chi connectivity index (χ1n) is 17.6. The van der Waals surface area contributed by atoms with Gasteiger partial charge in [0.25, 0.3) is 68.1 Å². The van der Waals surface area contributed by atoms with Gasteiger partial charge in [0.05, 0.1) is 43.1 Å². The van der Waals surface area contributed by atoms with Gasteiger partial charge in [-0.2, -0.15) is 0 Å². The smallest absolute Gasteiger partial charge is 0.263 e. The van der Waals surface area contributed by atoms with Crippen molar-refractivity contribution in [2.45, 2.75) is 52.1 Å². The van der Waals surface area contributed by atoms with E-state index in [1.165, 1.54) is 24.3 Å². The van der Waals surface area contributed by atoms with E-state index in [2.05, 4.69) is 0 Å². The van der Waals surface area contributed by atoms with Crippen LogP contribution < -0.4 is 44.5 Å². The van der Waals surface area contributed by atoms with E-state index < -0.39 is 81.4 Å². The van der Waals surface area contributed by atoms with Gasteiger partial charge in [0, 0.05) is 37.4 Å². The predicted molar refractivity (Wildman–Crippen MR) is 197 cm³/mol. The number of carbonyl (C=O) groups excluding carboxylic acids is 4. The van der Waals surface area contributed by atoms with Gasteiger partial charge in [0.15, 0.2) is 0 Å². The molecule has 56 heavy (non-hydrogen) atoms. The molecule has 4 aromatic heterocycles. The molecule has 0 radical (unpaired) electrons. The molecule has 18 heteroatoms. The minimum Gasteiger partial charge on any atom is -0.274 e. The second kappa shape index (κ2) is 12.1. The monoisotopic (exact) mass is 758 g/mol. The van der Waals surface area contributed by atoms with Crippen LogP contribution in [-0.4, -0.2) is 51.7 Å². The summed E-state index contributed by atoms with van der Waals surface area (Å²) in [5.74, 6) is -3.19. The van der Waals surface area contributed by atoms with Crippen LogP contribution in [0.2, 0.25) is 0 Å². The Morgan fingerprint density at radius 2 is 0.625 bits per heavy atom. The normalized spacial score (nSPS) is 18.9. The van der Waals surface area contributed by atoms with Gasteiger partial charge in [-0.15, -0.1) is 0 Å². The van der Waals surface area contributed by atoms with E-state index in [-0.39, 0.29) is 68.0 Å². The quantitative estimate of drug-likeness (QED) is 0.160. The molecule has 18 nitrogen and oxygen atoms in total. The molecule has 280 valence electrons. The van der Waals surface area contributed by atoms with Crippen molar-refractivity contribution >= 4 is 66.7 Å². The molecule has 3 aliphatic rings. The molecule has 9 rings (SSSR count). The fourth-order valence-electron chi connectivity index (χ4n) is 8.41. The van der Waals surface area contributed by atoms with Crippen molar-refractivity contribution in [3.8, 4) is 0 Å². The lowest BCUT2D eigenvalue weighted by Crippen LogP contribution is -2.39. The molecule has 2 atom stereocenters. The third kappa shape index (κ3) is 4.94. The molecule has 0 bridgehead atoms. The largest absolute Gasteiger partial charge is 0.274 e. The Morgan fingerprint density at radius 1 is 0.375 bits per heavy atom. The Morgan fingerprint density at radius 3 is 0.893 bits per heavy atom. The van der Waals surface area contributed by atoms with Crippen LogP contribution in [-0.2, 0) is 45.6 Å². The van der Waals surface area contributed by atoms with E-state index in [1.54, 1.807) is 0 Å². The summed E-state index contributed by atoms with van der Waals surface area (Å²) < 4.78 is 3.52. The summed E-state index contributed by atoms with van der Waals surface area (Å²) in [6.45, 7) is -1.22. The zero-order valence-corrected chi connectivity index (χ0v) is 29.0. The van der Waals surface area contributed by atoms with Crippen LogP contribution in [0.3, 0.4) is 0 Å². The zero-order valence-electron chi connectivity index (χ0n) is 29.0. The Labute approximate surface area is 309 Å². The molecule has 2 unspecified atom stereocenters. The fourth-order valence-corrected chi connectivity index (χ4v) is 8.41. The van der Waals surface area contributed by atoms with E-state index in [0.29, 0.717) is 44.6 Å². The number of carbonyl (C=O) groups is 4. The Kier molecular flexibility index (Phi) is 7.48. The molecule has 2 aromatic carbocycles. The van der Waals surface area contributed by atoms with Crippen molar-refractivity contribution in [2.75, 3.05) is 0 Å². The van der Waals surface area contributed by atoms with Gasteiger partial charge in [0.1, 0.15) is 13.3 Å². The fraction of sp³-hybridized carbons (Fsp3) is 0.263.